The Balaban J connectivity index is 2.44. The van der Waals surface area contributed by atoms with Gasteiger partial charge in [0.15, 0.2) is 0 Å². The molecule has 0 aromatic heterocycles. The topological polar surface area (TPSA) is 20.2 Å². The van der Waals surface area contributed by atoms with Crippen LogP contribution in [0.25, 0.3) is 0 Å². The van der Waals surface area contributed by atoms with Crippen molar-refractivity contribution >= 4 is 0 Å². The standard InChI is InChI=1S/C15H15FO/c1-2-12-13(9-6-10-14(12)16)15(17)11-7-4-3-5-8-11/h3-10,15,17H,2H2,1H3. The second-order valence-corrected chi connectivity index (χ2v) is 3.97. The zero-order chi connectivity index (χ0) is 12.3. The summed E-state index contributed by atoms with van der Waals surface area (Å²) in [5.41, 5.74) is 2.02. The smallest absolute Gasteiger partial charge is 0.126 e. The second kappa shape index (κ2) is 5.11. The normalized spacial score (nSPS) is 12.4. The molecule has 1 nitrogen and oxygen atoms in total. The Morgan fingerprint density at radius 3 is 2.41 bits per heavy atom. The summed E-state index contributed by atoms with van der Waals surface area (Å²) in [5.74, 6) is -0.250. The van der Waals surface area contributed by atoms with Crippen LogP contribution in [0.1, 0.15) is 29.7 Å². The van der Waals surface area contributed by atoms with Crippen LogP contribution in [0.5, 0.6) is 0 Å². The highest BCUT2D eigenvalue weighted by molar-refractivity contribution is 5.36. The lowest BCUT2D eigenvalue weighted by Crippen LogP contribution is -2.05. The highest BCUT2D eigenvalue weighted by Crippen LogP contribution is 2.26. The van der Waals surface area contributed by atoms with Gasteiger partial charge in [-0.1, -0.05) is 49.4 Å². The first-order chi connectivity index (χ1) is 8.24. The van der Waals surface area contributed by atoms with Crippen LogP contribution in [0.4, 0.5) is 4.39 Å². The molecule has 1 atom stereocenters. The van der Waals surface area contributed by atoms with E-state index in [4.69, 9.17) is 0 Å². The van der Waals surface area contributed by atoms with Crippen LogP contribution in [0.15, 0.2) is 48.5 Å². The Hall–Kier alpha value is -1.67. The quantitative estimate of drug-likeness (QED) is 0.856. The molecule has 2 aromatic carbocycles. The molecule has 17 heavy (non-hydrogen) atoms. The van der Waals surface area contributed by atoms with Gasteiger partial charge in [0, 0.05) is 0 Å². The molecule has 88 valence electrons. The third-order valence-corrected chi connectivity index (χ3v) is 2.92. The molecular weight excluding hydrogens is 215 g/mol. The number of aliphatic hydroxyl groups excluding tert-OH is 1. The SMILES string of the molecule is CCc1c(F)cccc1C(O)c1ccccc1. The number of benzene rings is 2. The lowest BCUT2D eigenvalue weighted by Gasteiger charge is -2.15. The third kappa shape index (κ3) is 2.37. The van der Waals surface area contributed by atoms with Gasteiger partial charge < -0.3 is 5.11 Å². The van der Waals surface area contributed by atoms with Gasteiger partial charge in [-0.2, -0.15) is 0 Å². The molecule has 0 radical (unpaired) electrons. The van der Waals surface area contributed by atoms with Crippen molar-refractivity contribution in [1.29, 1.82) is 0 Å². The molecule has 0 spiro atoms. The van der Waals surface area contributed by atoms with Gasteiger partial charge in [0.2, 0.25) is 0 Å². The summed E-state index contributed by atoms with van der Waals surface area (Å²) < 4.78 is 13.6. The molecule has 1 N–H and O–H groups in total. The van der Waals surface area contributed by atoms with Crippen LogP contribution in [0.3, 0.4) is 0 Å². The monoisotopic (exact) mass is 230 g/mol. The van der Waals surface area contributed by atoms with E-state index < -0.39 is 6.10 Å². The van der Waals surface area contributed by atoms with Crippen molar-refractivity contribution in [2.75, 3.05) is 0 Å². The van der Waals surface area contributed by atoms with Crippen LogP contribution in [-0.2, 0) is 6.42 Å². The largest absolute Gasteiger partial charge is 0.384 e. The van der Waals surface area contributed by atoms with Gasteiger partial charge in [-0.15, -0.1) is 0 Å². The highest BCUT2D eigenvalue weighted by Gasteiger charge is 2.15. The zero-order valence-electron chi connectivity index (χ0n) is 9.73. The molecule has 0 bridgehead atoms. The summed E-state index contributed by atoms with van der Waals surface area (Å²) in [5, 5.41) is 10.3. The minimum atomic E-state index is -0.762. The Morgan fingerprint density at radius 2 is 1.76 bits per heavy atom. The summed E-state index contributed by atoms with van der Waals surface area (Å²) in [4.78, 5) is 0. The van der Waals surface area contributed by atoms with Gasteiger partial charge in [0.25, 0.3) is 0 Å². The molecule has 0 heterocycles. The fourth-order valence-corrected chi connectivity index (χ4v) is 2.02. The highest BCUT2D eigenvalue weighted by atomic mass is 19.1. The maximum absolute atomic E-state index is 13.6. The minimum absolute atomic E-state index is 0.250. The van der Waals surface area contributed by atoms with E-state index >= 15 is 0 Å². The van der Waals surface area contributed by atoms with E-state index in [1.165, 1.54) is 6.07 Å². The van der Waals surface area contributed by atoms with E-state index in [2.05, 4.69) is 0 Å². The van der Waals surface area contributed by atoms with Crippen molar-refractivity contribution in [1.82, 2.24) is 0 Å². The Bertz CT molecular complexity index is 494. The molecule has 2 aromatic rings. The van der Waals surface area contributed by atoms with Crippen molar-refractivity contribution < 1.29 is 9.50 Å². The van der Waals surface area contributed by atoms with E-state index in [0.717, 1.165) is 5.56 Å². The number of hydrogen-bond acceptors (Lipinski definition) is 1. The Labute approximate surface area is 101 Å². The second-order valence-electron chi connectivity index (χ2n) is 3.97. The van der Waals surface area contributed by atoms with E-state index in [9.17, 15) is 9.50 Å². The number of hydrogen-bond donors (Lipinski definition) is 1. The first-order valence-electron chi connectivity index (χ1n) is 5.74. The fraction of sp³-hybridized carbons (Fsp3) is 0.200. The molecule has 0 saturated heterocycles. The van der Waals surface area contributed by atoms with Gasteiger partial charge in [0.05, 0.1) is 0 Å². The average molecular weight is 230 g/mol. The van der Waals surface area contributed by atoms with Crippen molar-refractivity contribution in [2.24, 2.45) is 0 Å². The van der Waals surface area contributed by atoms with Crippen LogP contribution in [0, 0.1) is 5.82 Å². The zero-order valence-corrected chi connectivity index (χ0v) is 9.73. The number of halogens is 1. The lowest BCUT2D eigenvalue weighted by molar-refractivity contribution is 0.218. The summed E-state index contributed by atoms with van der Waals surface area (Å²) in [6.45, 7) is 1.89. The Kier molecular flexibility index (Phi) is 3.55. The van der Waals surface area contributed by atoms with Gasteiger partial charge in [0.1, 0.15) is 11.9 Å². The minimum Gasteiger partial charge on any atom is -0.384 e. The average Bonchev–Trinajstić information content (AvgIpc) is 2.38. The van der Waals surface area contributed by atoms with Crippen molar-refractivity contribution in [2.45, 2.75) is 19.4 Å². The van der Waals surface area contributed by atoms with E-state index in [-0.39, 0.29) is 5.82 Å². The third-order valence-electron chi connectivity index (χ3n) is 2.92. The van der Waals surface area contributed by atoms with E-state index in [1.54, 1.807) is 12.1 Å². The maximum atomic E-state index is 13.6. The Morgan fingerprint density at radius 1 is 1.06 bits per heavy atom. The van der Waals surface area contributed by atoms with Crippen LogP contribution in [0.2, 0.25) is 0 Å². The number of rotatable bonds is 3. The van der Waals surface area contributed by atoms with Gasteiger partial charge in [-0.05, 0) is 29.2 Å². The predicted molar refractivity (Wildman–Crippen MR) is 66.3 cm³/mol. The maximum Gasteiger partial charge on any atom is 0.126 e. The first-order valence-corrected chi connectivity index (χ1v) is 5.74. The number of aliphatic hydroxyl groups is 1. The molecule has 0 amide bonds. The van der Waals surface area contributed by atoms with Gasteiger partial charge in [-0.25, -0.2) is 4.39 Å². The van der Waals surface area contributed by atoms with Gasteiger partial charge in [-0.3, -0.25) is 0 Å². The molecule has 2 rings (SSSR count). The molecule has 0 aliphatic rings. The predicted octanol–water partition coefficient (Wildman–Crippen LogP) is 3.47. The van der Waals surface area contributed by atoms with Gasteiger partial charge >= 0.3 is 0 Å². The summed E-state index contributed by atoms with van der Waals surface area (Å²) in [6.07, 6.45) is -0.187. The molecule has 0 aliphatic carbocycles. The summed E-state index contributed by atoms with van der Waals surface area (Å²) in [6, 6.07) is 14.1. The summed E-state index contributed by atoms with van der Waals surface area (Å²) >= 11 is 0. The van der Waals surface area contributed by atoms with E-state index in [0.29, 0.717) is 17.5 Å². The lowest BCUT2D eigenvalue weighted by atomic mass is 9.95. The molecule has 0 saturated carbocycles. The van der Waals surface area contributed by atoms with Crippen molar-refractivity contribution in [3.63, 3.8) is 0 Å². The summed E-state index contributed by atoms with van der Waals surface area (Å²) in [7, 11) is 0. The van der Waals surface area contributed by atoms with Crippen LogP contribution >= 0.6 is 0 Å². The van der Waals surface area contributed by atoms with Crippen LogP contribution < -0.4 is 0 Å². The molecular formula is C15H15FO. The van der Waals surface area contributed by atoms with Crippen molar-refractivity contribution in [3.05, 3.63) is 71.0 Å². The molecule has 0 fully saturated rings. The first kappa shape index (κ1) is 11.8. The molecule has 0 aliphatic heterocycles. The molecule has 2 heteroatoms. The van der Waals surface area contributed by atoms with E-state index in [1.807, 2.05) is 37.3 Å². The van der Waals surface area contributed by atoms with Crippen molar-refractivity contribution in [3.8, 4) is 0 Å². The molecule has 1 unspecified atom stereocenters. The fourth-order valence-electron chi connectivity index (χ4n) is 2.02. The van der Waals surface area contributed by atoms with Crippen LogP contribution in [-0.4, -0.2) is 5.11 Å².